The van der Waals surface area contributed by atoms with Gasteiger partial charge in [-0.3, -0.25) is 0 Å². The topological polar surface area (TPSA) is 12.0 Å². The molecule has 1 N–H and O–H groups in total. The zero-order valence-corrected chi connectivity index (χ0v) is 12.3. The Balaban J connectivity index is 2.05. The minimum Gasteiger partial charge on any atom is -0.314 e. The van der Waals surface area contributed by atoms with Crippen LogP contribution in [-0.2, 0) is 0 Å². The van der Waals surface area contributed by atoms with Crippen molar-refractivity contribution in [2.24, 2.45) is 0 Å². The molecule has 18 heavy (non-hydrogen) atoms. The molecule has 0 spiro atoms. The van der Waals surface area contributed by atoms with Crippen LogP contribution >= 0.6 is 15.9 Å². The van der Waals surface area contributed by atoms with Crippen LogP contribution in [0.5, 0.6) is 0 Å². The normalized spacial score (nSPS) is 21.1. The summed E-state index contributed by atoms with van der Waals surface area (Å²) in [5, 5.41) is 3.54. The fourth-order valence-corrected chi connectivity index (χ4v) is 2.82. The zero-order chi connectivity index (χ0) is 13.0. The third-order valence-corrected chi connectivity index (χ3v) is 4.20. The van der Waals surface area contributed by atoms with Crippen LogP contribution < -0.4 is 5.32 Å². The molecular formula is C15H19BrFN. The van der Waals surface area contributed by atoms with Crippen molar-refractivity contribution < 1.29 is 4.39 Å². The Labute approximate surface area is 117 Å². The van der Waals surface area contributed by atoms with Crippen LogP contribution in [0.15, 0.2) is 28.2 Å². The fraction of sp³-hybridized carbons (Fsp3) is 0.467. The molecule has 0 amide bonds. The van der Waals surface area contributed by atoms with Gasteiger partial charge in [0.1, 0.15) is 5.82 Å². The molecule has 98 valence electrons. The summed E-state index contributed by atoms with van der Waals surface area (Å²) in [6.07, 6.45) is 6.96. The van der Waals surface area contributed by atoms with Crippen molar-refractivity contribution in [3.8, 4) is 0 Å². The number of nitrogens with one attached hydrogen (secondary N) is 1. The van der Waals surface area contributed by atoms with E-state index >= 15 is 0 Å². The largest absolute Gasteiger partial charge is 0.314 e. The first kappa shape index (κ1) is 13.8. The maximum Gasteiger partial charge on any atom is 0.137 e. The molecule has 2 rings (SSSR count). The number of hydrogen-bond acceptors (Lipinski definition) is 1. The highest BCUT2D eigenvalue weighted by Gasteiger charge is 2.12. The van der Waals surface area contributed by atoms with E-state index in [1.807, 2.05) is 6.07 Å². The van der Waals surface area contributed by atoms with E-state index in [0.29, 0.717) is 10.5 Å². The first-order chi connectivity index (χ1) is 8.66. The molecule has 1 aliphatic heterocycles. The smallest absolute Gasteiger partial charge is 0.137 e. The summed E-state index contributed by atoms with van der Waals surface area (Å²) in [5.74, 6) is -0.202. The quantitative estimate of drug-likeness (QED) is 0.865. The standard InChI is InChI=1S/C15H19BrFN/c1-11(10-13-6-2-3-8-18-13)9-12-5-4-7-14(17)15(12)16/h4-5,7,9,13,18H,2-3,6,8,10H2,1H3/b11-9-. The molecule has 0 aromatic heterocycles. The minimum absolute atomic E-state index is 0.202. The lowest BCUT2D eigenvalue weighted by Gasteiger charge is -2.23. The van der Waals surface area contributed by atoms with Gasteiger partial charge in [0.05, 0.1) is 4.47 Å². The van der Waals surface area contributed by atoms with Gasteiger partial charge in [0, 0.05) is 6.04 Å². The van der Waals surface area contributed by atoms with Crippen LogP contribution in [0.25, 0.3) is 6.08 Å². The maximum atomic E-state index is 13.4. The van der Waals surface area contributed by atoms with Crippen LogP contribution in [-0.4, -0.2) is 12.6 Å². The highest BCUT2D eigenvalue weighted by atomic mass is 79.9. The molecule has 0 saturated carbocycles. The van der Waals surface area contributed by atoms with Crippen LogP contribution in [0.1, 0.15) is 38.2 Å². The summed E-state index contributed by atoms with van der Waals surface area (Å²) < 4.78 is 14.0. The summed E-state index contributed by atoms with van der Waals surface area (Å²) in [4.78, 5) is 0. The molecule has 1 nitrogen and oxygen atoms in total. The summed E-state index contributed by atoms with van der Waals surface area (Å²) >= 11 is 3.30. The summed E-state index contributed by atoms with van der Waals surface area (Å²) in [7, 11) is 0. The lowest BCUT2D eigenvalue weighted by Crippen LogP contribution is -2.33. The second kappa shape index (κ2) is 6.48. The summed E-state index contributed by atoms with van der Waals surface area (Å²) in [5.41, 5.74) is 2.21. The number of piperidine rings is 1. The molecule has 0 aliphatic carbocycles. The lowest BCUT2D eigenvalue weighted by atomic mass is 9.97. The Hall–Kier alpha value is -0.670. The van der Waals surface area contributed by atoms with Gasteiger partial charge < -0.3 is 5.32 Å². The van der Waals surface area contributed by atoms with Gasteiger partial charge >= 0.3 is 0 Å². The van der Waals surface area contributed by atoms with Crippen LogP contribution in [0.4, 0.5) is 4.39 Å². The average molecular weight is 312 g/mol. The SMILES string of the molecule is C/C(=C/c1cccc(F)c1Br)CC1CCCCN1. The van der Waals surface area contributed by atoms with Crippen LogP contribution in [0, 0.1) is 5.82 Å². The van der Waals surface area contributed by atoms with Crippen molar-refractivity contribution in [3.63, 3.8) is 0 Å². The molecule has 1 saturated heterocycles. The van der Waals surface area contributed by atoms with Crippen molar-refractivity contribution in [3.05, 3.63) is 39.6 Å². The second-order valence-corrected chi connectivity index (χ2v) is 5.78. The highest BCUT2D eigenvalue weighted by Crippen LogP contribution is 2.24. The summed E-state index contributed by atoms with van der Waals surface area (Å²) in [6.45, 7) is 3.25. The zero-order valence-electron chi connectivity index (χ0n) is 10.7. The molecule has 1 aromatic rings. The third kappa shape index (κ3) is 3.66. The number of hydrogen-bond donors (Lipinski definition) is 1. The Bertz CT molecular complexity index is 436. The first-order valence-electron chi connectivity index (χ1n) is 6.51. The molecule has 3 heteroatoms. The van der Waals surface area contributed by atoms with E-state index < -0.39 is 0 Å². The first-order valence-corrected chi connectivity index (χ1v) is 7.30. The van der Waals surface area contributed by atoms with Crippen molar-refractivity contribution in [2.75, 3.05) is 6.54 Å². The van der Waals surface area contributed by atoms with Crippen LogP contribution in [0.2, 0.25) is 0 Å². The van der Waals surface area contributed by atoms with Gasteiger partial charge in [0.2, 0.25) is 0 Å². The Morgan fingerprint density at radius 3 is 3.06 bits per heavy atom. The van der Waals surface area contributed by atoms with E-state index in [0.717, 1.165) is 18.5 Å². The van der Waals surface area contributed by atoms with Crippen molar-refractivity contribution in [2.45, 2.75) is 38.6 Å². The van der Waals surface area contributed by atoms with Gasteiger partial charge in [0.25, 0.3) is 0 Å². The van der Waals surface area contributed by atoms with Crippen LogP contribution in [0.3, 0.4) is 0 Å². The molecule has 0 bridgehead atoms. The fourth-order valence-electron chi connectivity index (χ4n) is 2.44. The maximum absolute atomic E-state index is 13.4. The highest BCUT2D eigenvalue weighted by molar-refractivity contribution is 9.10. The minimum atomic E-state index is -0.202. The van der Waals surface area contributed by atoms with Gasteiger partial charge in [-0.25, -0.2) is 4.39 Å². The predicted octanol–water partition coefficient (Wildman–Crippen LogP) is 4.52. The molecule has 1 atom stereocenters. The monoisotopic (exact) mass is 311 g/mol. The van der Waals surface area contributed by atoms with Gasteiger partial charge in [-0.15, -0.1) is 0 Å². The van der Waals surface area contributed by atoms with E-state index in [1.165, 1.54) is 30.9 Å². The molecular weight excluding hydrogens is 293 g/mol. The molecule has 1 heterocycles. The van der Waals surface area contributed by atoms with E-state index in [9.17, 15) is 4.39 Å². The van der Waals surface area contributed by atoms with Gasteiger partial charge in [-0.2, -0.15) is 0 Å². The molecule has 1 aliphatic rings. The van der Waals surface area contributed by atoms with Crippen molar-refractivity contribution in [1.29, 1.82) is 0 Å². The molecule has 1 unspecified atom stereocenters. The Kier molecular flexibility index (Phi) is 4.95. The van der Waals surface area contributed by atoms with Gasteiger partial charge in [0.15, 0.2) is 0 Å². The molecule has 0 radical (unpaired) electrons. The number of halogens is 2. The average Bonchev–Trinajstić information content (AvgIpc) is 2.36. The molecule has 1 fully saturated rings. The van der Waals surface area contributed by atoms with Gasteiger partial charge in [-0.1, -0.05) is 30.2 Å². The van der Waals surface area contributed by atoms with E-state index in [-0.39, 0.29) is 5.82 Å². The van der Waals surface area contributed by atoms with Gasteiger partial charge in [-0.05, 0) is 60.3 Å². The number of benzene rings is 1. The summed E-state index contributed by atoms with van der Waals surface area (Å²) in [6, 6.07) is 5.74. The predicted molar refractivity (Wildman–Crippen MR) is 78.0 cm³/mol. The third-order valence-electron chi connectivity index (χ3n) is 3.36. The molecule has 1 aromatic carbocycles. The van der Waals surface area contributed by atoms with Crippen molar-refractivity contribution >= 4 is 22.0 Å². The number of rotatable bonds is 3. The Morgan fingerprint density at radius 1 is 1.50 bits per heavy atom. The second-order valence-electron chi connectivity index (χ2n) is 4.98. The van der Waals surface area contributed by atoms with Crippen molar-refractivity contribution in [1.82, 2.24) is 5.32 Å². The Morgan fingerprint density at radius 2 is 2.33 bits per heavy atom. The van der Waals surface area contributed by atoms with E-state index in [1.54, 1.807) is 6.07 Å². The van der Waals surface area contributed by atoms with E-state index in [2.05, 4.69) is 34.2 Å². The lowest BCUT2D eigenvalue weighted by molar-refractivity contribution is 0.399. The van der Waals surface area contributed by atoms with E-state index in [4.69, 9.17) is 0 Å².